The summed E-state index contributed by atoms with van der Waals surface area (Å²) in [5.74, 6) is 0.585. The molecule has 1 saturated heterocycles. The maximum Gasteiger partial charge on any atom is 0.227 e. The molecule has 5 heteroatoms. The molecule has 1 N–H and O–H groups in total. The van der Waals surface area contributed by atoms with Crippen LogP contribution in [-0.2, 0) is 11.3 Å². The van der Waals surface area contributed by atoms with Crippen molar-refractivity contribution in [2.45, 2.75) is 31.8 Å². The van der Waals surface area contributed by atoms with E-state index in [0.29, 0.717) is 11.9 Å². The maximum atomic E-state index is 12.4. The first kappa shape index (κ1) is 13.8. The quantitative estimate of drug-likeness (QED) is 0.921. The number of halogens is 1. The van der Waals surface area contributed by atoms with Gasteiger partial charge in [-0.05, 0) is 37.3 Å². The second-order valence-electron chi connectivity index (χ2n) is 4.97. The van der Waals surface area contributed by atoms with Crippen LogP contribution in [0.1, 0.15) is 24.1 Å². The van der Waals surface area contributed by atoms with Gasteiger partial charge in [0.25, 0.3) is 0 Å². The van der Waals surface area contributed by atoms with Gasteiger partial charge in [-0.15, -0.1) is 23.7 Å². The van der Waals surface area contributed by atoms with Crippen LogP contribution in [0, 0.1) is 5.92 Å². The Morgan fingerprint density at radius 1 is 1.44 bits per heavy atom. The van der Waals surface area contributed by atoms with Crippen molar-refractivity contribution in [3.8, 4) is 0 Å². The van der Waals surface area contributed by atoms with Crippen LogP contribution in [0.3, 0.4) is 0 Å². The minimum Gasteiger partial charge on any atom is -0.334 e. The molecule has 0 spiro atoms. The molecule has 2 aliphatic rings. The van der Waals surface area contributed by atoms with Crippen LogP contribution in [0.25, 0.3) is 0 Å². The summed E-state index contributed by atoms with van der Waals surface area (Å²) in [5.41, 5.74) is 0. The lowest BCUT2D eigenvalue weighted by atomic mass is 10.1. The molecule has 1 aromatic rings. The van der Waals surface area contributed by atoms with Crippen LogP contribution < -0.4 is 5.32 Å². The van der Waals surface area contributed by atoms with Gasteiger partial charge >= 0.3 is 0 Å². The van der Waals surface area contributed by atoms with Crippen LogP contribution in [0.5, 0.6) is 0 Å². The Bertz CT molecular complexity index is 386. The molecule has 0 bridgehead atoms. The summed E-state index contributed by atoms with van der Waals surface area (Å²) in [7, 11) is 0. The fourth-order valence-corrected chi connectivity index (χ4v) is 3.15. The summed E-state index contributed by atoms with van der Waals surface area (Å²) in [5, 5.41) is 5.37. The largest absolute Gasteiger partial charge is 0.334 e. The predicted octanol–water partition coefficient (Wildman–Crippen LogP) is 2.27. The minimum absolute atomic E-state index is 0. The van der Waals surface area contributed by atoms with E-state index < -0.39 is 0 Å². The van der Waals surface area contributed by atoms with E-state index in [-0.39, 0.29) is 18.3 Å². The van der Waals surface area contributed by atoms with Gasteiger partial charge in [-0.3, -0.25) is 4.79 Å². The van der Waals surface area contributed by atoms with E-state index in [1.165, 1.54) is 17.7 Å². The van der Waals surface area contributed by atoms with Gasteiger partial charge in [-0.2, -0.15) is 0 Å². The zero-order valence-electron chi connectivity index (χ0n) is 10.3. The summed E-state index contributed by atoms with van der Waals surface area (Å²) in [6, 6.07) is 4.71. The van der Waals surface area contributed by atoms with Gasteiger partial charge in [0.2, 0.25) is 5.91 Å². The van der Waals surface area contributed by atoms with E-state index >= 15 is 0 Å². The van der Waals surface area contributed by atoms with Crippen molar-refractivity contribution in [1.29, 1.82) is 0 Å². The smallest absolute Gasteiger partial charge is 0.227 e. The Morgan fingerprint density at radius 2 is 2.28 bits per heavy atom. The fraction of sp³-hybridized carbons (Fsp3) is 0.615. The summed E-state index contributed by atoms with van der Waals surface area (Å²) in [4.78, 5) is 15.9. The first-order chi connectivity index (χ1) is 8.34. The third-order valence-electron chi connectivity index (χ3n) is 3.59. The summed E-state index contributed by atoms with van der Waals surface area (Å²) in [6.45, 7) is 2.68. The molecule has 1 unspecified atom stereocenters. The molecular weight excluding hydrogens is 268 g/mol. The third-order valence-corrected chi connectivity index (χ3v) is 4.45. The van der Waals surface area contributed by atoms with Crippen molar-refractivity contribution in [2.24, 2.45) is 5.92 Å². The SMILES string of the molecule is Cl.O=C(C1CCNC1)N(Cc1cccs1)C1CC1. The lowest BCUT2D eigenvalue weighted by Gasteiger charge is -2.24. The molecule has 18 heavy (non-hydrogen) atoms. The Balaban J connectivity index is 0.00000120. The van der Waals surface area contributed by atoms with Gasteiger partial charge in [-0.25, -0.2) is 0 Å². The van der Waals surface area contributed by atoms with E-state index in [2.05, 4.69) is 27.7 Å². The molecule has 2 fully saturated rings. The first-order valence-corrected chi connectivity index (χ1v) is 7.26. The van der Waals surface area contributed by atoms with E-state index in [1.54, 1.807) is 11.3 Å². The second-order valence-corrected chi connectivity index (χ2v) is 6.00. The molecule has 1 aliphatic carbocycles. The molecule has 1 atom stereocenters. The molecule has 0 aromatic carbocycles. The number of hydrogen-bond acceptors (Lipinski definition) is 3. The van der Waals surface area contributed by atoms with Gasteiger partial charge in [0, 0.05) is 17.5 Å². The summed E-state index contributed by atoms with van der Waals surface area (Å²) >= 11 is 1.75. The molecule has 3 rings (SSSR count). The first-order valence-electron chi connectivity index (χ1n) is 6.38. The van der Waals surface area contributed by atoms with Crippen molar-refractivity contribution in [3.63, 3.8) is 0 Å². The number of rotatable bonds is 4. The van der Waals surface area contributed by atoms with Crippen molar-refractivity contribution in [1.82, 2.24) is 10.2 Å². The Labute approximate surface area is 118 Å². The van der Waals surface area contributed by atoms with Crippen LogP contribution in [-0.4, -0.2) is 29.9 Å². The predicted molar refractivity (Wildman–Crippen MR) is 76.1 cm³/mol. The van der Waals surface area contributed by atoms with Crippen LogP contribution >= 0.6 is 23.7 Å². The molecule has 1 aliphatic heterocycles. The maximum absolute atomic E-state index is 12.4. The molecule has 1 aromatic heterocycles. The van der Waals surface area contributed by atoms with Gasteiger partial charge in [0.15, 0.2) is 0 Å². The number of nitrogens with one attached hydrogen (secondary N) is 1. The highest BCUT2D eigenvalue weighted by atomic mass is 35.5. The number of thiophene rings is 1. The lowest BCUT2D eigenvalue weighted by Crippen LogP contribution is -2.38. The monoisotopic (exact) mass is 286 g/mol. The molecule has 2 heterocycles. The normalized spacial score (nSPS) is 22.6. The van der Waals surface area contributed by atoms with Crippen molar-refractivity contribution < 1.29 is 4.79 Å². The van der Waals surface area contributed by atoms with Crippen LogP contribution in [0.4, 0.5) is 0 Å². The number of nitrogens with zero attached hydrogens (tertiary/aromatic N) is 1. The highest BCUT2D eigenvalue weighted by Crippen LogP contribution is 2.31. The molecule has 3 nitrogen and oxygen atoms in total. The molecular formula is C13H19ClN2OS. The summed E-state index contributed by atoms with van der Waals surface area (Å²) < 4.78 is 0. The van der Waals surface area contributed by atoms with Gasteiger partial charge in [-0.1, -0.05) is 6.07 Å². The average molecular weight is 287 g/mol. The molecule has 0 radical (unpaired) electrons. The Hall–Kier alpha value is -0.580. The number of amides is 1. The highest BCUT2D eigenvalue weighted by Gasteiger charge is 2.36. The van der Waals surface area contributed by atoms with Gasteiger partial charge in [0.05, 0.1) is 12.5 Å². The Kier molecular flexibility index (Phi) is 4.65. The minimum atomic E-state index is 0. The topological polar surface area (TPSA) is 32.3 Å². The standard InChI is InChI=1S/C13H18N2OS.ClH/c16-13(10-5-6-14-8-10)15(11-3-4-11)9-12-2-1-7-17-12;/h1-2,7,10-11,14H,3-6,8-9H2;1H. The van der Waals surface area contributed by atoms with Crippen LogP contribution in [0.2, 0.25) is 0 Å². The average Bonchev–Trinajstić information content (AvgIpc) is 2.86. The van der Waals surface area contributed by atoms with Crippen LogP contribution in [0.15, 0.2) is 17.5 Å². The highest BCUT2D eigenvalue weighted by molar-refractivity contribution is 7.09. The number of carbonyl (C=O) groups excluding carboxylic acids is 1. The fourth-order valence-electron chi connectivity index (χ4n) is 2.44. The Morgan fingerprint density at radius 3 is 2.83 bits per heavy atom. The number of hydrogen-bond donors (Lipinski definition) is 1. The van der Waals surface area contributed by atoms with Gasteiger partial charge in [0.1, 0.15) is 0 Å². The molecule has 1 saturated carbocycles. The zero-order chi connectivity index (χ0) is 11.7. The lowest BCUT2D eigenvalue weighted by molar-refractivity contribution is -0.136. The van der Waals surface area contributed by atoms with Crippen molar-refractivity contribution in [2.75, 3.05) is 13.1 Å². The van der Waals surface area contributed by atoms with Crippen molar-refractivity contribution in [3.05, 3.63) is 22.4 Å². The van der Waals surface area contributed by atoms with E-state index in [9.17, 15) is 4.79 Å². The molecule has 100 valence electrons. The van der Waals surface area contributed by atoms with E-state index in [4.69, 9.17) is 0 Å². The van der Waals surface area contributed by atoms with Crippen molar-refractivity contribution >= 4 is 29.7 Å². The zero-order valence-corrected chi connectivity index (χ0v) is 11.9. The van der Waals surface area contributed by atoms with E-state index in [0.717, 1.165) is 26.1 Å². The number of carbonyl (C=O) groups is 1. The van der Waals surface area contributed by atoms with Gasteiger partial charge < -0.3 is 10.2 Å². The third kappa shape index (κ3) is 3.05. The summed E-state index contributed by atoms with van der Waals surface area (Å²) in [6.07, 6.45) is 3.39. The second kappa shape index (κ2) is 6.04. The molecule has 1 amide bonds. The van der Waals surface area contributed by atoms with E-state index in [1.807, 2.05) is 0 Å².